The third-order valence-electron chi connectivity index (χ3n) is 4.97. The predicted octanol–water partition coefficient (Wildman–Crippen LogP) is 3.77. The molecule has 2 aromatic heterocycles. The van der Waals surface area contributed by atoms with E-state index < -0.39 is 12.0 Å². The Morgan fingerprint density at radius 3 is 2.45 bits per heavy atom. The van der Waals surface area contributed by atoms with E-state index in [4.69, 9.17) is 11.6 Å². The van der Waals surface area contributed by atoms with Crippen LogP contribution in [0, 0.1) is 0 Å². The number of alkyl halides is 3. The minimum absolute atomic E-state index is 0.000922. The topological polar surface area (TPSA) is 56.0 Å². The van der Waals surface area contributed by atoms with Gasteiger partial charge in [0.15, 0.2) is 5.82 Å². The first-order valence-electron chi connectivity index (χ1n) is 8.98. The van der Waals surface area contributed by atoms with E-state index in [2.05, 4.69) is 10.2 Å². The van der Waals surface area contributed by atoms with Crippen molar-refractivity contribution in [3.8, 4) is 0 Å². The lowest BCUT2D eigenvalue weighted by atomic mass is 10.0. The highest BCUT2D eigenvalue weighted by molar-refractivity contribution is 6.30. The molecule has 1 amide bonds. The minimum Gasteiger partial charge on any atom is -0.346 e. The van der Waals surface area contributed by atoms with Crippen molar-refractivity contribution in [2.75, 3.05) is 6.54 Å². The number of fused-ring (bicyclic) bond motifs is 1. The van der Waals surface area contributed by atoms with Crippen LogP contribution in [0.4, 0.5) is 13.2 Å². The molecule has 0 saturated carbocycles. The van der Waals surface area contributed by atoms with Crippen molar-refractivity contribution in [1.82, 2.24) is 24.2 Å². The molecule has 0 fully saturated rings. The molecule has 0 unspecified atom stereocenters. The molecule has 0 aliphatic carbocycles. The van der Waals surface area contributed by atoms with Crippen molar-refractivity contribution in [2.24, 2.45) is 0 Å². The van der Waals surface area contributed by atoms with Gasteiger partial charge in [0.05, 0.1) is 19.0 Å². The van der Waals surface area contributed by atoms with Crippen LogP contribution in [-0.4, -0.2) is 36.7 Å². The van der Waals surface area contributed by atoms with E-state index in [1.165, 1.54) is 4.90 Å². The van der Waals surface area contributed by atoms with Crippen LogP contribution in [0.2, 0.25) is 5.02 Å². The van der Waals surface area contributed by atoms with Gasteiger partial charge >= 0.3 is 6.18 Å². The molecule has 152 valence electrons. The Morgan fingerprint density at radius 2 is 1.79 bits per heavy atom. The first-order valence-corrected chi connectivity index (χ1v) is 9.35. The molecule has 10 heteroatoms. The van der Waals surface area contributed by atoms with E-state index in [0.29, 0.717) is 5.02 Å². The molecule has 0 saturated heterocycles. The van der Waals surface area contributed by atoms with Crippen molar-refractivity contribution < 1.29 is 18.0 Å². The van der Waals surface area contributed by atoms with Crippen molar-refractivity contribution in [2.45, 2.75) is 31.7 Å². The van der Waals surface area contributed by atoms with Gasteiger partial charge in [0.25, 0.3) is 0 Å². The molecule has 3 aromatic rings. The monoisotopic (exact) mass is 423 g/mol. The zero-order chi connectivity index (χ0) is 20.6. The average molecular weight is 424 g/mol. The summed E-state index contributed by atoms with van der Waals surface area (Å²) in [5.74, 6) is -1.05. The Bertz CT molecular complexity index is 998. The number of carbonyl (C=O) groups excluding carboxylic acids is 1. The third-order valence-corrected chi connectivity index (χ3v) is 5.22. The summed E-state index contributed by atoms with van der Waals surface area (Å²) in [6.07, 6.45) is -0.661. The lowest BCUT2D eigenvalue weighted by molar-refractivity contribution is -0.148. The fourth-order valence-electron chi connectivity index (χ4n) is 3.51. The lowest BCUT2D eigenvalue weighted by Crippen LogP contribution is -2.40. The third kappa shape index (κ3) is 4.00. The molecule has 0 spiro atoms. The van der Waals surface area contributed by atoms with Gasteiger partial charge in [-0.25, -0.2) is 0 Å². The zero-order valence-corrected chi connectivity index (χ0v) is 15.9. The summed E-state index contributed by atoms with van der Waals surface area (Å²) in [5.41, 5.74) is 0.915. The maximum absolute atomic E-state index is 13.0. The Morgan fingerprint density at radius 1 is 1.10 bits per heavy atom. The Hall–Kier alpha value is -2.81. The van der Waals surface area contributed by atoms with Gasteiger partial charge in [-0.05, 0) is 29.8 Å². The molecule has 29 heavy (non-hydrogen) atoms. The van der Waals surface area contributed by atoms with Crippen LogP contribution < -0.4 is 0 Å². The van der Waals surface area contributed by atoms with Crippen LogP contribution in [0.3, 0.4) is 0 Å². The smallest absolute Gasteiger partial charge is 0.346 e. The van der Waals surface area contributed by atoms with Gasteiger partial charge in [-0.3, -0.25) is 4.79 Å². The predicted molar refractivity (Wildman–Crippen MR) is 99.1 cm³/mol. The van der Waals surface area contributed by atoms with Crippen molar-refractivity contribution in [3.05, 3.63) is 71.0 Å². The number of halogens is 4. The highest BCUT2D eigenvalue weighted by atomic mass is 35.5. The minimum atomic E-state index is -4.56. The molecule has 0 N–H and O–H groups in total. The van der Waals surface area contributed by atoms with Gasteiger partial charge in [-0.15, -0.1) is 10.2 Å². The van der Waals surface area contributed by atoms with Crippen molar-refractivity contribution in [3.63, 3.8) is 0 Å². The van der Waals surface area contributed by atoms with Crippen LogP contribution in [0.25, 0.3) is 0 Å². The molecule has 0 bridgehead atoms. The first-order chi connectivity index (χ1) is 13.8. The summed E-state index contributed by atoms with van der Waals surface area (Å²) in [4.78, 5) is 14.5. The number of aromatic nitrogens is 4. The van der Waals surface area contributed by atoms with E-state index in [0.717, 1.165) is 10.1 Å². The van der Waals surface area contributed by atoms with Gasteiger partial charge in [-0.2, -0.15) is 13.2 Å². The normalized spacial score (nSPS) is 15.2. The Labute approximate surface area is 169 Å². The maximum Gasteiger partial charge on any atom is 0.451 e. The molecule has 1 aliphatic rings. The summed E-state index contributed by atoms with van der Waals surface area (Å²) in [7, 11) is 0. The van der Waals surface area contributed by atoms with E-state index in [1.807, 2.05) is 41.2 Å². The second-order valence-corrected chi connectivity index (χ2v) is 7.24. The zero-order valence-electron chi connectivity index (χ0n) is 15.2. The number of amides is 1. The number of hydrogen-bond donors (Lipinski definition) is 0. The van der Waals surface area contributed by atoms with Crippen molar-refractivity contribution in [1.29, 1.82) is 0 Å². The Kier molecular flexibility index (Phi) is 5.08. The van der Waals surface area contributed by atoms with Gasteiger partial charge < -0.3 is 14.0 Å². The van der Waals surface area contributed by atoms with Crippen LogP contribution >= 0.6 is 11.6 Å². The van der Waals surface area contributed by atoms with E-state index in [1.54, 1.807) is 12.1 Å². The highest BCUT2D eigenvalue weighted by Crippen LogP contribution is 2.30. The molecule has 1 atom stereocenters. The van der Waals surface area contributed by atoms with Crippen molar-refractivity contribution >= 4 is 17.5 Å². The number of nitrogens with zero attached hydrogens (tertiary/aromatic N) is 5. The van der Waals surface area contributed by atoms with E-state index in [9.17, 15) is 18.0 Å². The number of benzene rings is 1. The maximum atomic E-state index is 13.0. The summed E-state index contributed by atoms with van der Waals surface area (Å²) >= 11 is 5.97. The van der Waals surface area contributed by atoms with Gasteiger partial charge in [0, 0.05) is 30.5 Å². The number of hydrogen-bond acceptors (Lipinski definition) is 3. The van der Waals surface area contributed by atoms with Gasteiger partial charge in [-0.1, -0.05) is 23.7 Å². The second kappa shape index (κ2) is 7.55. The summed E-state index contributed by atoms with van der Waals surface area (Å²) < 4.78 is 41.9. The van der Waals surface area contributed by atoms with Crippen LogP contribution in [0.15, 0.2) is 48.8 Å². The van der Waals surface area contributed by atoms with Crippen LogP contribution in [0.5, 0.6) is 0 Å². The van der Waals surface area contributed by atoms with E-state index >= 15 is 0 Å². The quantitative estimate of drug-likeness (QED) is 0.642. The first kappa shape index (κ1) is 19.5. The largest absolute Gasteiger partial charge is 0.451 e. The van der Waals surface area contributed by atoms with E-state index in [-0.39, 0.29) is 43.8 Å². The summed E-state index contributed by atoms with van der Waals surface area (Å²) in [6, 6.07) is 10.7. The van der Waals surface area contributed by atoms with Crippen LogP contribution in [0.1, 0.15) is 29.7 Å². The molecule has 3 heterocycles. The number of carbonyl (C=O) groups is 1. The molecular formula is C19H17ClF3N5O. The molecule has 6 nitrogen and oxygen atoms in total. The lowest BCUT2D eigenvalue weighted by Gasteiger charge is -2.30. The standard InChI is InChI=1S/C19H17ClF3N5O/c20-14-5-3-13(4-6-14)15(26-7-1-2-8-26)11-17(29)27-9-10-28-16(12-27)24-25-18(28)19(21,22)23/h1-8,15H,9-12H2/t15-/m0/s1. The average Bonchev–Trinajstić information content (AvgIpc) is 3.35. The molecule has 1 aliphatic heterocycles. The fraction of sp³-hybridized carbons (Fsp3) is 0.316. The molecule has 4 rings (SSSR count). The van der Waals surface area contributed by atoms with Gasteiger partial charge in [0.2, 0.25) is 11.7 Å². The summed E-state index contributed by atoms with van der Waals surface area (Å²) in [6.45, 7) is 0.185. The fourth-order valence-corrected chi connectivity index (χ4v) is 3.64. The molecular weight excluding hydrogens is 407 g/mol. The number of rotatable bonds is 4. The second-order valence-electron chi connectivity index (χ2n) is 6.81. The molecule has 1 aromatic carbocycles. The van der Waals surface area contributed by atoms with Gasteiger partial charge in [0.1, 0.15) is 0 Å². The molecule has 0 radical (unpaired) electrons. The summed E-state index contributed by atoms with van der Waals surface area (Å²) in [5, 5.41) is 7.48. The van der Waals surface area contributed by atoms with Crippen LogP contribution in [-0.2, 0) is 24.1 Å². The highest BCUT2D eigenvalue weighted by Gasteiger charge is 2.40. The Balaban J connectivity index is 1.53. The SMILES string of the molecule is O=C(C[C@@H](c1ccc(Cl)cc1)n1cccc1)N1CCn2c(nnc2C(F)(F)F)C1.